The third-order valence-electron chi connectivity index (χ3n) is 6.82. The van der Waals surface area contributed by atoms with E-state index in [1.165, 1.54) is 38.1 Å². The molecule has 0 aromatic heterocycles. The van der Waals surface area contributed by atoms with E-state index < -0.39 is 61.6 Å². The van der Waals surface area contributed by atoms with Crippen LogP contribution in [-0.2, 0) is 47.7 Å². The Kier molecular flexibility index (Phi) is 12.9. The molecule has 0 N–H and O–H groups in total. The summed E-state index contributed by atoms with van der Waals surface area (Å²) < 4.78 is 71.3. The van der Waals surface area contributed by atoms with E-state index in [9.17, 15) is 26.4 Å². The Bertz CT molecular complexity index is 1420. The van der Waals surface area contributed by atoms with Crippen LogP contribution < -0.4 is 0 Å². The van der Waals surface area contributed by atoms with Gasteiger partial charge in [-0.15, -0.1) is 0 Å². The highest BCUT2D eigenvalue weighted by Crippen LogP contribution is 2.34. The lowest BCUT2D eigenvalue weighted by atomic mass is 9.75. The zero-order valence-electron chi connectivity index (χ0n) is 26.2. The van der Waals surface area contributed by atoms with E-state index >= 15 is 0 Å². The van der Waals surface area contributed by atoms with Crippen molar-refractivity contribution in [1.82, 2.24) is 0 Å². The number of hydrogen-bond acceptors (Lipinski definition) is 10. The van der Waals surface area contributed by atoms with E-state index in [-0.39, 0.29) is 29.4 Å². The predicted octanol–water partition coefficient (Wildman–Crippen LogP) is 5.36. The maximum Gasteiger partial charge on any atom is 0.309 e. The number of hydrogen-bond donors (Lipinski definition) is 0. The van der Waals surface area contributed by atoms with Crippen LogP contribution in [0.5, 0.6) is 0 Å². The van der Waals surface area contributed by atoms with Gasteiger partial charge in [0.1, 0.15) is 25.4 Å². The van der Waals surface area contributed by atoms with E-state index in [1.54, 1.807) is 31.2 Å². The lowest BCUT2D eigenvalue weighted by Crippen LogP contribution is -2.36. The molecular weight excluding hydrogens is 596 g/mol. The number of rotatable bonds is 15. The summed E-state index contributed by atoms with van der Waals surface area (Å²) in [6.45, 7) is 13.3. The zero-order valence-corrected chi connectivity index (χ0v) is 27.8. The van der Waals surface area contributed by atoms with E-state index in [2.05, 4.69) is 0 Å². The second-order valence-electron chi connectivity index (χ2n) is 11.9. The van der Waals surface area contributed by atoms with Gasteiger partial charge in [0, 0.05) is 0 Å². The Hall–Kier alpha value is -2.80. The number of benzene rings is 2. The first-order chi connectivity index (χ1) is 19.9. The van der Waals surface area contributed by atoms with Gasteiger partial charge in [0.25, 0.3) is 20.2 Å². The Morgan fingerprint density at radius 2 is 1.23 bits per heavy atom. The third-order valence-corrected chi connectivity index (χ3v) is 9.55. The fraction of sp³-hybridized carbons (Fsp3) is 0.548. The molecule has 0 bridgehead atoms. The first-order valence-electron chi connectivity index (χ1n) is 14.2. The minimum atomic E-state index is -4.04. The van der Waals surface area contributed by atoms with Gasteiger partial charge >= 0.3 is 11.9 Å². The van der Waals surface area contributed by atoms with Crippen molar-refractivity contribution in [2.45, 2.75) is 90.2 Å². The molecule has 0 radical (unpaired) electrons. The van der Waals surface area contributed by atoms with Crippen molar-refractivity contribution in [3.8, 4) is 0 Å². The first-order valence-corrected chi connectivity index (χ1v) is 17.0. The number of carbonyl (C=O) groups excluding carboxylic acids is 2. The van der Waals surface area contributed by atoms with Crippen LogP contribution in [-0.4, -0.2) is 54.2 Å². The lowest BCUT2D eigenvalue weighted by Gasteiger charge is -2.32. The molecule has 0 amide bonds. The molecule has 10 nitrogen and oxygen atoms in total. The van der Waals surface area contributed by atoms with Crippen LogP contribution in [0.3, 0.4) is 0 Å². The number of ether oxygens (including phenoxy) is 2. The SMILES string of the molecule is CCC(CC(C(=O)OC(C)COS(=O)(=O)c1ccc(C)cc1)C(C)(C)C)C(=O)OCC(C)OS(=O)(=O)c1ccc(C)cc1. The van der Waals surface area contributed by atoms with Crippen molar-refractivity contribution < 1.29 is 44.3 Å². The third kappa shape index (κ3) is 11.3. The van der Waals surface area contributed by atoms with Crippen molar-refractivity contribution in [3.05, 3.63) is 59.7 Å². The highest BCUT2D eigenvalue weighted by molar-refractivity contribution is 7.87. The van der Waals surface area contributed by atoms with Gasteiger partial charge in [-0.25, -0.2) is 0 Å². The largest absolute Gasteiger partial charge is 0.463 e. The molecule has 0 heterocycles. The van der Waals surface area contributed by atoms with E-state index in [0.29, 0.717) is 6.42 Å². The van der Waals surface area contributed by atoms with Crippen molar-refractivity contribution >= 4 is 32.2 Å². The molecular formula is C31H44O10S2. The second-order valence-corrected chi connectivity index (χ2v) is 15.1. The molecule has 4 atom stereocenters. The normalized spacial score (nSPS) is 15.3. The van der Waals surface area contributed by atoms with Gasteiger partial charge in [0.2, 0.25) is 0 Å². The molecule has 0 saturated heterocycles. The molecule has 12 heteroatoms. The summed E-state index contributed by atoms with van der Waals surface area (Å²) in [5, 5.41) is 0. The van der Waals surface area contributed by atoms with Gasteiger partial charge in [-0.2, -0.15) is 16.8 Å². The number of esters is 2. The summed E-state index contributed by atoms with van der Waals surface area (Å²) in [7, 11) is -8.08. The molecule has 0 aliphatic carbocycles. The van der Waals surface area contributed by atoms with Gasteiger partial charge in [-0.05, 0) is 70.2 Å². The standard InChI is InChI=1S/C31H44O10S2/c1-9-25(29(32)38-19-24(5)41-43(36,37)27-16-12-22(3)13-17-27)18-28(31(6,7)8)30(33)40-23(4)20-39-42(34,35)26-14-10-21(2)11-15-26/h10-17,23-25,28H,9,18-20H2,1-8H3. The van der Waals surface area contributed by atoms with Crippen LogP contribution >= 0.6 is 0 Å². The molecule has 0 aliphatic rings. The maximum absolute atomic E-state index is 13.2. The Morgan fingerprint density at radius 3 is 1.70 bits per heavy atom. The molecule has 2 aromatic rings. The summed E-state index contributed by atoms with van der Waals surface area (Å²) in [6, 6.07) is 12.4. The lowest BCUT2D eigenvalue weighted by molar-refractivity contribution is -0.161. The van der Waals surface area contributed by atoms with E-state index in [0.717, 1.165) is 11.1 Å². The van der Waals surface area contributed by atoms with Crippen LogP contribution in [0.25, 0.3) is 0 Å². The summed E-state index contributed by atoms with van der Waals surface area (Å²) in [5.74, 6) is -2.58. The smallest absolute Gasteiger partial charge is 0.309 e. The van der Waals surface area contributed by atoms with Crippen LogP contribution in [0.2, 0.25) is 0 Å². The highest BCUT2D eigenvalue weighted by Gasteiger charge is 2.37. The number of carbonyl (C=O) groups is 2. The van der Waals surface area contributed by atoms with Gasteiger partial charge in [-0.3, -0.25) is 18.0 Å². The van der Waals surface area contributed by atoms with Gasteiger partial charge < -0.3 is 9.47 Å². The zero-order chi connectivity index (χ0) is 32.6. The molecule has 4 unspecified atom stereocenters. The quantitative estimate of drug-likeness (QED) is 0.185. The summed E-state index contributed by atoms with van der Waals surface area (Å²) in [5.41, 5.74) is 1.20. The van der Waals surface area contributed by atoms with Crippen molar-refractivity contribution in [1.29, 1.82) is 0 Å². The van der Waals surface area contributed by atoms with Crippen molar-refractivity contribution in [3.63, 3.8) is 0 Å². The fourth-order valence-electron chi connectivity index (χ4n) is 4.11. The van der Waals surface area contributed by atoms with Gasteiger partial charge in [0.15, 0.2) is 0 Å². The summed E-state index contributed by atoms with van der Waals surface area (Å²) in [6.07, 6.45) is -1.33. The molecule has 0 saturated carbocycles. The van der Waals surface area contributed by atoms with Crippen LogP contribution in [0.15, 0.2) is 58.3 Å². The molecule has 43 heavy (non-hydrogen) atoms. The Balaban J connectivity index is 1.97. The Morgan fingerprint density at radius 1 is 0.744 bits per heavy atom. The molecule has 2 rings (SSSR count). The molecule has 2 aromatic carbocycles. The second kappa shape index (κ2) is 15.3. The summed E-state index contributed by atoms with van der Waals surface area (Å²) >= 11 is 0. The minimum Gasteiger partial charge on any atom is -0.463 e. The van der Waals surface area contributed by atoms with Gasteiger partial charge in [0.05, 0.1) is 21.6 Å². The molecule has 0 aliphatic heterocycles. The van der Waals surface area contributed by atoms with Crippen molar-refractivity contribution in [2.75, 3.05) is 13.2 Å². The van der Waals surface area contributed by atoms with Crippen LogP contribution in [0.1, 0.15) is 65.5 Å². The first kappa shape index (κ1) is 36.4. The average Bonchev–Trinajstić information content (AvgIpc) is 2.90. The monoisotopic (exact) mass is 640 g/mol. The minimum absolute atomic E-state index is 0.000890. The van der Waals surface area contributed by atoms with Crippen LogP contribution in [0, 0.1) is 31.1 Å². The van der Waals surface area contributed by atoms with Crippen LogP contribution in [0.4, 0.5) is 0 Å². The van der Waals surface area contributed by atoms with E-state index in [4.69, 9.17) is 17.8 Å². The molecule has 0 spiro atoms. The van der Waals surface area contributed by atoms with Gasteiger partial charge in [-0.1, -0.05) is 63.1 Å². The Labute approximate surface area is 256 Å². The molecule has 0 fully saturated rings. The summed E-state index contributed by atoms with van der Waals surface area (Å²) in [4.78, 5) is 26.2. The molecule has 240 valence electrons. The highest BCUT2D eigenvalue weighted by atomic mass is 32.2. The van der Waals surface area contributed by atoms with E-state index in [1.807, 2.05) is 34.6 Å². The average molecular weight is 641 g/mol. The predicted molar refractivity (Wildman–Crippen MR) is 161 cm³/mol. The van der Waals surface area contributed by atoms with Crippen molar-refractivity contribution in [2.24, 2.45) is 17.3 Å². The fourth-order valence-corrected chi connectivity index (χ4v) is 6.16. The maximum atomic E-state index is 13.2. The topological polar surface area (TPSA) is 139 Å². The number of aryl methyl sites for hydroxylation is 2.